The van der Waals surface area contributed by atoms with Crippen molar-refractivity contribution in [3.05, 3.63) is 52.7 Å². The van der Waals surface area contributed by atoms with Crippen LogP contribution in [-0.4, -0.2) is 102 Å². The van der Waals surface area contributed by atoms with E-state index in [9.17, 15) is 33.0 Å². The van der Waals surface area contributed by atoms with Crippen LogP contribution < -0.4 is 10.6 Å². The minimum absolute atomic E-state index is 0.0272. The number of aryl methyl sites for hydroxylation is 1. The van der Waals surface area contributed by atoms with Gasteiger partial charge in [-0.1, -0.05) is 11.6 Å². The fourth-order valence-corrected chi connectivity index (χ4v) is 6.21. The van der Waals surface area contributed by atoms with Gasteiger partial charge in [-0.05, 0) is 64.4 Å². The van der Waals surface area contributed by atoms with Crippen LogP contribution in [0, 0.1) is 5.92 Å². The quantitative estimate of drug-likeness (QED) is 0.270. The molecule has 1 aromatic carbocycles. The molecule has 1 unspecified atom stereocenters. The molecule has 0 saturated carbocycles. The zero-order valence-corrected chi connectivity index (χ0v) is 27.3. The maximum Gasteiger partial charge on any atom is 0.435 e. The fourth-order valence-electron chi connectivity index (χ4n) is 5.95. The second-order valence-corrected chi connectivity index (χ2v) is 13.1. The first-order chi connectivity index (χ1) is 22.1. The van der Waals surface area contributed by atoms with Crippen LogP contribution in [0.4, 0.5) is 18.9 Å². The standard InChI is InChI=1S/C31H40ClF3N8O4/c1-30(2,47)8-11-43-18-22(25(39-43)31(33,34)35)24-17-37-26(40(24)3)27(44)38-20-4-5-21(23(32)16-20)29(46)42-14-12-41(13-15-42)28(45)19-6-9-36-10-7-19/h4-5,16-19,28,36,45,47H,6-15H2,1-3H3,(H,38,44). The van der Waals surface area contributed by atoms with E-state index in [0.29, 0.717) is 26.2 Å². The smallest absolute Gasteiger partial charge is 0.390 e. The molecule has 16 heteroatoms. The van der Waals surface area contributed by atoms with Gasteiger partial charge in [-0.15, -0.1) is 0 Å². The topological polar surface area (TPSA) is 141 Å². The zero-order valence-electron chi connectivity index (χ0n) is 26.5. The van der Waals surface area contributed by atoms with Crippen LogP contribution in [0.15, 0.2) is 30.6 Å². The second-order valence-electron chi connectivity index (χ2n) is 12.7. The van der Waals surface area contributed by atoms with Crippen LogP contribution in [0.25, 0.3) is 11.3 Å². The van der Waals surface area contributed by atoms with Crippen molar-refractivity contribution in [1.29, 1.82) is 0 Å². The number of piperazine rings is 1. The van der Waals surface area contributed by atoms with Crippen molar-refractivity contribution in [3.8, 4) is 11.3 Å². The number of aliphatic hydroxyl groups excluding tert-OH is 1. The van der Waals surface area contributed by atoms with Gasteiger partial charge in [0.05, 0.1) is 33.6 Å². The largest absolute Gasteiger partial charge is 0.435 e. The predicted octanol–water partition coefficient (Wildman–Crippen LogP) is 3.44. The summed E-state index contributed by atoms with van der Waals surface area (Å²) in [5, 5.41) is 30.6. The van der Waals surface area contributed by atoms with E-state index < -0.39 is 29.6 Å². The lowest BCUT2D eigenvalue weighted by molar-refractivity contribution is -0.141. The summed E-state index contributed by atoms with van der Waals surface area (Å²) in [5.74, 6) is -0.903. The Hall–Kier alpha value is -3.50. The molecule has 2 saturated heterocycles. The molecule has 0 aliphatic carbocycles. The summed E-state index contributed by atoms with van der Waals surface area (Å²) in [6.07, 6.45) is -0.910. The van der Waals surface area contributed by atoms with Gasteiger partial charge >= 0.3 is 6.18 Å². The number of piperidine rings is 1. The molecule has 0 bridgehead atoms. The van der Waals surface area contributed by atoms with Crippen LogP contribution in [0.3, 0.4) is 0 Å². The lowest BCUT2D eigenvalue weighted by atomic mass is 9.95. The fraction of sp³-hybridized carbons (Fsp3) is 0.548. The first-order valence-corrected chi connectivity index (χ1v) is 15.9. The number of alkyl halides is 3. The second kappa shape index (κ2) is 13.9. The van der Waals surface area contributed by atoms with E-state index in [0.717, 1.165) is 30.6 Å². The molecule has 4 heterocycles. The summed E-state index contributed by atoms with van der Waals surface area (Å²) < 4.78 is 44.0. The van der Waals surface area contributed by atoms with E-state index in [-0.39, 0.29) is 58.1 Å². The van der Waals surface area contributed by atoms with E-state index >= 15 is 0 Å². The van der Waals surface area contributed by atoms with E-state index in [1.54, 1.807) is 18.7 Å². The van der Waals surface area contributed by atoms with Gasteiger partial charge in [0.25, 0.3) is 11.8 Å². The summed E-state index contributed by atoms with van der Waals surface area (Å²) in [7, 11) is 1.42. The molecule has 47 heavy (non-hydrogen) atoms. The van der Waals surface area contributed by atoms with E-state index in [1.165, 1.54) is 42.2 Å². The Kier molecular flexibility index (Phi) is 10.3. The van der Waals surface area contributed by atoms with E-state index in [2.05, 4.69) is 20.7 Å². The number of anilines is 1. The third kappa shape index (κ3) is 8.15. The van der Waals surface area contributed by atoms with Crippen LogP contribution in [0.1, 0.15) is 59.8 Å². The third-order valence-electron chi connectivity index (χ3n) is 8.69. The SMILES string of the molecule is Cn1c(-c2cn(CCC(C)(C)O)nc2C(F)(F)F)cnc1C(=O)Nc1ccc(C(=O)N2CCN(C(O)C3CCNCC3)CC2)c(Cl)c1. The van der Waals surface area contributed by atoms with Gasteiger partial charge in [0.2, 0.25) is 0 Å². The summed E-state index contributed by atoms with van der Waals surface area (Å²) in [4.78, 5) is 34.2. The number of hydrogen-bond acceptors (Lipinski definition) is 8. The number of aromatic nitrogens is 4. The van der Waals surface area contributed by atoms with Crippen molar-refractivity contribution >= 4 is 29.1 Å². The lowest BCUT2D eigenvalue weighted by Crippen LogP contribution is -2.54. The van der Waals surface area contributed by atoms with Crippen molar-refractivity contribution in [2.75, 3.05) is 44.6 Å². The zero-order chi connectivity index (χ0) is 34.1. The molecule has 12 nitrogen and oxygen atoms in total. The summed E-state index contributed by atoms with van der Waals surface area (Å²) in [5.41, 5.74) is -1.92. The average Bonchev–Trinajstić information content (AvgIpc) is 3.63. The molecule has 0 spiro atoms. The van der Waals surface area contributed by atoms with Crippen LogP contribution >= 0.6 is 11.6 Å². The maximum atomic E-state index is 13.9. The van der Waals surface area contributed by atoms with Gasteiger partial charge < -0.3 is 30.3 Å². The normalized spacial score (nSPS) is 17.6. The molecule has 2 aliphatic heterocycles. The number of rotatable bonds is 9. The Balaban J connectivity index is 1.24. The number of hydrogen-bond donors (Lipinski definition) is 4. The molecule has 0 radical (unpaired) electrons. The van der Waals surface area contributed by atoms with Gasteiger partial charge in [0.1, 0.15) is 6.23 Å². The number of carbonyl (C=O) groups is 2. The van der Waals surface area contributed by atoms with Gasteiger partial charge in [-0.3, -0.25) is 19.2 Å². The lowest BCUT2D eigenvalue weighted by Gasteiger charge is -2.40. The monoisotopic (exact) mass is 680 g/mol. The molecule has 4 N–H and O–H groups in total. The number of carbonyl (C=O) groups excluding carboxylic acids is 2. The number of halogens is 4. The maximum absolute atomic E-state index is 13.9. The molecular formula is C31H40ClF3N8O4. The number of nitrogens with zero attached hydrogens (tertiary/aromatic N) is 6. The van der Waals surface area contributed by atoms with Crippen LogP contribution in [0.2, 0.25) is 5.02 Å². The highest BCUT2D eigenvalue weighted by atomic mass is 35.5. The minimum atomic E-state index is -4.76. The highest BCUT2D eigenvalue weighted by Gasteiger charge is 2.39. The number of nitrogens with one attached hydrogen (secondary N) is 2. The number of benzene rings is 1. The van der Waals surface area contributed by atoms with Gasteiger partial charge in [0, 0.05) is 57.6 Å². The van der Waals surface area contributed by atoms with E-state index in [4.69, 9.17) is 11.6 Å². The number of amides is 2. The molecule has 3 aromatic rings. The van der Waals surface area contributed by atoms with Gasteiger partial charge in [-0.2, -0.15) is 18.3 Å². The van der Waals surface area contributed by atoms with Crippen molar-refractivity contribution < 1.29 is 33.0 Å². The van der Waals surface area contributed by atoms with Crippen LogP contribution in [-0.2, 0) is 19.8 Å². The average molecular weight is 681 g/mol. The Labute approximate surface area is 275 Å². The highest BCUT2D eigenvalue weighted by molar-refractivity contribution is 6.34. The molecule has 256 valence electrons. The minimum Gasteiger partial charge on any atom is -0.390 e. The number of aliphatic hydroxyl groups is 2. The third-order valence-corrected chi connectivity index (χ3v) is 9.00. The summed E-state index contributed by atoms with van der Waals surface area (Å²) in [6, 6.07) is 4.46. The van der Waals surface area contributed by atoms with Crippen molar-refractivity contribution in [1.82, 2.24) is 34.4 Å². The molecular weight excluding hydrogens is 641 g/mol. The Morgan fingerprint density at radius 3 is 2.45 bits per heavy atom. The highest BCUT2D eigenvalue weighted by Crippen LogP contribution is 2.36. The van der Waals surface area contributed by atoms with Gasteiger partial charge in [-0.25, -0.2) is 4.98 Å². The van der Waals surface area contributed by atoms with Gasteiger partial charge in [0.15, 0.2) is 11.5 Å². The molecule has 2 aliphatic rings. The van der Waals surface area contributed by atoms with Crippen LogP contribution in [0.5, 0.6) is 0 Å². The summed E-state index contributed by atoms with van der Waals surface area (Å²) in [6.45, 7) is 6.89. The Bertz CT molecular complexity index is 1590. The predicted molar refractivity (Wildman–Crippen MR) is 169 cm³/mol. The molecule has 5 rings (SSSR count). The number of imidazole rings is 1. The Morgan fingerprint density at radius 1 is 1.15 bits per heavy atom. The van der Waals surface area contributed by atoms with Crippen molar-refractivity contribution in [2.45, 2.75) is 57.7 Å². The van der Waals surface area contributed by atoms with Crippen molar-refractivity contribution in [2.24, 2.45) is 13.0 Å². The molecule has 2 aromatic heterocycles. The van der Waals surface area contributed by atoms with Crippen molar-refractivity contribution in [3.63, 3.8) is 0 Å². The first kappa shape index (κ1) is 34.8. The molecule has 2 amide bonds. The molecule has 1 atom stereocenters. The first-order valence-electron chi connectivity index (χ1n) is 15.5. The molecule has 2 fully saturated rings. The Morgan fingerprint density at radius 2 is 1.83 bits per heavy atom. The van der Waals surface area contributed by atoms with E-state index in [1.807, 2.05) is 4.90 Å². The summed E-state index contributed by atoms with van der Waals surface area (Å²) >= 11 is 6.48.